The summed E-state index contributed by atoms with van der Waals surface area (Å²) in [6.07, 6.45) is 3.11. The highest BCUT2D eigenvalue weighted by Gasteiger charge is 2.12. The number of nitrogens with zero attached hydrogens (tertiary/aromatic N) is 2. The van der Waals surface area contributed by atoms with E-state index >= 15 is 0 Å². The first-order valence-corrected chi connectivity index (χ1v) is 7.00. The lowest BCUT2D eigenvalue weighted by atomic mass is 10.1. The number of thiophene rings is 1. The maximum Gasteiger partial charge on any atom is 0.222 e. The zero-order valence-corrected chi connectivity index (χ0v) is 12.7. The molecule has 0 radical (unpaired) electrons. The van der Waals surface area contributed by atoms with Gasteiger partial charge in [-0.3, -0.25) is 0 Å². The molecule has 0 amide bonds. The molecule has 5 nitrogen and oxygen atoms in total. The standard InChI is InChI=1S/C12H18N4OS.H2S/c1-2-3-4-8(7-17)14-11-10-9(5-6-18-10)15-12(13)16-11;/h5-6,8,17H,2-4,7H2,1H3,(H3,13,14,15,16);1H2/t8-;/m1./s1. The number of anilines is 2. The number of aromatic nitrogens is 2. The monoisotopic (exact) mass is 300 g/mol. The molecular weight excluding hydrogens is 280 g/mol. The molecule has 2 heterocycles. The van der Waals surface area contributed by atoms with Crippen LogP contribution in [0, 0.1) is 0 Å². The molecule has 0 saturated heterocycles. The Kier molecular flexibility index (Phi) is 6.33. The van der Waals surface area contributed by atoms with Gasteiger partial charge in [-0.25, -0.2) is 4.98 Å². The first-order chi connectivity index (χ1) is 8.74. The average Bonchev–Trinajstić information content (AvgIpc) is 2.82. The lowest BCUT2D eigenvalue weighted by Crippen LogP contribution is -2.24. The molecule has 1 atom stereocenters. The van der Waals surface area contributed by atoms with Crippen molar-refractivity contribution in [1.29, 1.82) is 0 Å². The van der Waals surface area contributed by atoms with Gasteiger partial charge in [-0.1, -0.05) is 19.8 Å². The predicted octanol–water partition coefficient (Wildman–Crippen LogP) is 2.35. The summed E-state index contributed by atoms with van der Waals surface area (Å²) in [6.45, 7) is 2.23. The van der Waals surface area contributed by atoms with E-state index in [0.29, 0.717) is 0 Å². The number of nitrogens with two attached hydrogens (primary N) is 1. The third-order valence-corrected chi connectivity index (χ3v) is 3.70. The van der Waals surface area contributed by atoms with Gasteiger partial charge in [0.25, 0.3) is 0 Å². The van der Waals surface area contributed by atoms with Gasteiger partial charge in [0.15, 0.2) is 0 Å². The van der Waals surface area contributed by atoms with E-state index in [1.165, 1.54) is 0 Å². The number of unbranched alkanes of at least 4 members (excludes halogenated alkanes) is 1. The van der Waals surface area contributed by atoms with E-state index in [1.54, 1.807) is 11.3 Å². The molecule has 2 rings (SSSR count). The van der Waals surface area contributed by atoms with Crippen molar-refractivity contribution in [1.82, 2.24) is 9.97 Å². The van der Waals surface area contributed by atoms with Gasteiger partial charge in [0.05, 0.1) is 22.9 Å². The summed E-state index contributed by atoms with van der Waals surface area (Å²) in [6, 6.07) is 1.94. The van der Waals surface area contributed by atoms with Gasteiger partial charge in [-0.15, -0.1) is 11.3 Å². The second-order valence-corrected chi connectivity index (χ2v) is 5.15. The van der Waals surface area contributed by atoms with Gasteiger partial charge in [0.2, 0.25) is 5.95 Å². The molecule has 2 aromatic heterocycles. The summed E-state index contributed by atoms with van der Waals surface area (Å²) in [7, 11) is 0. The number of nitrogens with one attached hydrogen (secondary N) is 1. The number of hydrogen-bond donors (Lipinski definition) is 3. The van der Waals surface area contributed by atoms with Crippen LogP contribution in [0.1, 0.15) is 26.2 Å². The van der Waals surface area contributed by atoms with Crippen LogP contribution < -0.4 is 11.1 Å². The summed E-state index contributed by atoms with van der Waals surface area (Å²) in [5.41, 5.74) is 6.53. The molecule has 19 heavy (non-hydrogen) atoms. The maximum atomic E-state index is 9.37. The third-order valence-electron chi connectivity index (χ3n) is 2.79. The number of hydrogen-bond acceptors (Lipinski definition) is 6. The van der Waals surface area contributed by atoms with E-state index in [9.17, 15) is 5.11 Å². The molecule has 0 aliphatic carbocycles. The van der Waals surface area contributed by atoms with Crippen LogP contribution in [0.2, 0.25) is 0 Å². The summed E-state index contributed by atoms with van der Waals surface area (Å²) in [5, 5.41) is 14.6. The molecule has 0 aliphatic rings. The van der Waals surface area contributed by atoms with Crippen molar-refractivity contribution in [2.75, 3.05) is 17.7 Å². The largest absolute Gasteiger partial charge is 0.394 e. The smallest absolute Gasteiger partial charge is 0.222 e. The van der Waals surface area contributed by atoms with E-state index in [1.807, 2.05) is 11.4 Å². The van der Waals surface area contributed by atoms with Crippen molar-refractivity contribution in [3.8, 4) is 0 Å². The normalized spacial score (nSPS) is 12.1. The van der Waals surface area contributed by atoms with E-state index in [2.05, 4.69) is 22.2 Å². The van der Waals surface area contributed by atoms with Crippen LogP contribution >= 0.6 is 24.8 Å². The summed E-state index contributed by atoms with van der Waals surface area (Å²) >= 11 is 1.57. The van der Waals surface area contributed by atoms with Crippen LogP contribution in [0.5, 0.6) is 0 Å². The van der Waals surface area contributed by atoms with Crippen molar-refractivity contribution in [2.45, 2.75) is 32.2 Å². The first-order valence-electron chi connectivity index (χ1n) is 6.12. The molecule has 4 N–H and O–H groups in total. The number of nitrogen functional groups attached to an aromatic ring is 1. The third kappa shape index (κ3) is 3.95. The highest BCUT2D eigenvalue weighted by Crippen LogP contribution is 2.27. The number of fused-ring (bicyclic) bond motifs is 1. The Bertz CT molecular complexity index is 517. The molecule has 2 aromatic rings. The Morgan fingerprint density at radius 3 is 2.95 bits per heavy atom. The lowest BCUT2D eigenvalue weighted by Gasteiger charge is -2.17. The molecule has 0 fully saturated rings. The fraction of sp³-hybridized carbons (Fsp3) is 0.500. The van der Waals surface area contributed by atoms with Crippen LogP contribution in [-0.2, 0) is 0 Å². The van der Waals surface area contributed by atoms with Crippen LogP contribution in [0.15, 0.2) is 11.4 Å². The van der Waals surface area contributed by atoms with Gasteiger partial charge in [0.1, 0.15) is 5.82 Å². The van der Waals surface area contributed by atoms with Crippen LogP contribution in [0.25, 0.3) is 10.2 Å². The summed E-state index contributed by atoms with van der Waals surface area (Å²) in [5.74, 6) is 0.984. The Balaban J connectivity index is 0.00000180. The van der Waals surface area contributed by atoms with Crippen molar-refractivity contribution in [3.05, 3.63) is 11.4 Å². The number of aliphatic hydroxyl groups is 1. The minimum atomic E-state index is 0. The summed E-state index contributed by atoms with van der Waals surface area (Å²) in [4.78, 5) is 8.39. The molecule has 0 spiro atoms. The lowest BCUT2D eigenvalue weighted by molar-refractivity contribution is 0.267. The van der Waals surface area contributed by atoms with Gasteiger partial charge in [-0.2, -0.15) is 18.5 Å². The van der Waals surface area contributed by atoms with Crippen LogP contribution in [0.4, 0.5) is 11.8 Å². The molecule has 0 aliphatic heterocycles. The minimum Gasteiger partial charge on any atom is -0.394 e. The average molecular weight is 300 g/mol. The molecule has 106 valence electrons. The fourth-order valence-corrected chi connectivity index (χ4v) is 2.62. The van der Waals surface area contributed by atoms with Crippen molar-refractivity contribution < 1.29 is 5.11 Å². The Labute approximate surface area is 123 Å². The van der Waals surface area contributed by atoms with Crippen LogP contribution in [0.3, 0.4) is 0 Å². The number of aliphatic hydroxyl groups excluding tert-OH is 1. The maximum absolute atomic E-state index is 9.37. The van der Waals surface area contributed by atoms with E-state index in [0.717, 1.165) is 35.3 Å². The Morgan fingerprint density at radius 2 is 2.26 bits per heavy atom. The van der Waals surface area contributed by atoms with Gasteiger partial charge >= 0.3 is 0 Å². The zero-order chi connectivity index (χ0) is 13.0. The molecule has 0 saturated carbocycles. The predicted molar refractivity (Wildman–Crippen MR) is 86.2 cm³/mol. The first kappa shape index (κ1) is 16.0. The molecular formula is C12H20N4OS2. The molecule has 0 aromatic carbocycles. The topological polar surface area (TPSA) is 84.1 Å². The van der Waals surface area contributed by atoms with E-state index in [4.69, 9.17) is 5.73 Å². The van der Waals surface area contributed by atoms with Crippen molar-refractivity contribution in [3.63, 3.8) is 0 Å². The van der Waals surface area contributed by atoms with Crippen LogP contribution in [-0.4, -0.2) is 27.7 Å². The highest BCUT2D eigenvalue weighted by atomic mass is 32.1. The minimum absolute atomic E-state index is 0. The van der Waals surface area contributed by atoms with E-state index in [-0.39, 0.29) is 32.1 Å². The summed E-state index contributed by atoms with van der Waals surface area (Å²) < 4.78 is 0.985. The fourth-order valence-electron chi connectivity index (χ4n) is 1.83. The quantitative estimate of drug-likeness (QED) is 0.762. The van der Waals surface area contributed by atoms with Gasteiger partial charge in [0, 0.05) is 0 Å². The SMILES string of the molecule is CCCC[C@H](CO)Nc1nc(N)nc2ccsc12.S. The second-order valence-electron chi connectivity index (χ2n) is 4.23. The van der Waals surface area contributed by atoms with E-state index < -0.39 is 0 Å². The highest BCUT2D eigenvalue weighted by molar-refractivity contribution is 7.59. The molecule has 0 unspecified atom stereocenters. The Morgan fingerprint density at radius 1 is 1.47 bits per heavy atom. The van der Waals surface area contributed by atoms with Gasteiger partial charge in [-0.05, 0) is 17.9 Å². The zero-order valence-electron chi connectivity index (χ0n) is 10.9. The Hall–Kier alpha value is -1.05. The van der Waals surface area contributed by atoms with Crippen molar-refractivity contribution >= 4 is 46.8 Å². The molecule has 7 heteroatoms. The second kappa shape index (κ2) is 7.52. The van der Waals surface area contributed by atoms with Crippen molar-refractivity contribution in [2.24, 2.45) is 0 Å². The van der Waals surface area contributed by atoms with Gasteiger partial charge < -0.3 is 16.2 Å². The number of rotatable bonds is 6. The molecule has 0 bridgehead atoms.